The first-order chi connectivity index (χ1) is 11.6. The molecule has 0 unspecified atom stereocenters. The van der Waals surface area contributed by atoms with E-state index in [1.807, 2.05) is 0 Å². The van der Waals surface area contributed by atoms with Crippen LogP contribution >= 0.6 is 0 Å². The summed E-state index contributed by atoms with van der Waals surface area (Å²) in [6.07, 6.45) is 0. The minimum atomic E-state index is 0. The van der Waals surface area contributed by atoms with Gasteiger partial charge in [-0.25, -0.2) is 0 Å². The van der Waals surface area contributed by atoms with Crippen molar-refractivity contribution in [3.8, 4) is 0 Å². The number of benzene rings is 2. The Kier molecular flexibility index (Phi) is 10.3. The molecule has 4 aromatic carbocycles. The maximum Gasteiger partial charge on any atom is 4.00 e. The Labute approximate surface area is 178 Å². The summed E-state index contributed by atoms with van der Waals surface area (Å²) in [5.74, 6) is 0. The van der Waals surface area contributed by atoms with E-state index in [4.69, 9.17) is 0 Å². The van der Waals surface area contributed by atoms with E-state index in [1.165, 1.54) is 43.8 Å². The second kappa shape index (κ2) is 11.1. The van der Waals surface area contributed by atoms with Crippen LogP contribution in [0.5, 0.6) is 0 Å². The van der Waals surface area contributed by atoms with Gasteiger partial charge in [-0.1, -0.05) is 37.1 Å². The molecule has 0 atom stereocenters. The van der Waals surface area contributed by atoms with Crippen molar-refractivity contribution in [1.29, 1.82) is 0 Å². The summed E-state index contributed by atoms with van der Waals surface area (Å²) < 4.78 is 0. The van der Waals surface area contributed by atoms with Crippen LogP contribution in [0.3, 0.4) is 0 Å². The molecule has 0 saturated carbocycles. The molecular formula is C25H28Hf. The SMILES string of the molecule is Cc1ccc(C)c2[cH-]ccc12.Cc1ccc(C)c2[cH-]ccc12.[CH-]=C.[CH3-].[Hf+4]. The Balaban J connectivity index is 0.000000410. The van der Waals surface area contributed by atoms with Crippen molar-refractivity contribution in [2.24, 2.45) is 0 Å². The fraction of sp³-hybridized carbons (Fsp3) is 0.160. The Morgan fingerprint density at radius 1 is 0.615 bits per heavy atom. The number of rotatable bonds is 0. The molecule has 132 valence electrons. The van der Waals surface area contributed by atoms with E-state index in [2.05, 4.69) is 102 Å². The second-order valence-corrected chi connectivity index (χ2v) is 6.10. The van der Waals surface area contributed by atoms with Gasteiger partial charge in [-0.15, -0.1) is 56.9 Å². The summed E-state index contributed by atoms with van der Waals surface area (Å²) in [5, 5.41) is 5.57. The van der Waals surface area contributed by atoms with Crippen LogP contribution in [0.25, 0.3) is 21.5 Å². The van der Waals surface area contributed by atoms with Gasteiger partial charge in [-0.2, -0.15) is 24.3 Å². The van der Waals surface area contributed by atoms with E-state index >= 15 is 0 Å². The molecule has 1 heteroatoms. The minimum absolute atomic E-state index is 0. The molecule has 0 aliphatic carbocycles. The third kappa shape index (κ3) is 5.14. The molecule has 0 aliphatic rings. The van der Waals surface area contributed by atoms with Crippen molar-refractivity contribution in [1.82, 2.24) is 0 Å². The number of hydrogen-bond acceptors (Lipinski definition) is 0. The summed E-state index contributed by atoms with van der Waals surface area (Å²) >= 11 is 0. The minimum Gasteiger partial charge on any atom is -0.521 e. The number of aryl methyl sites for hydroxylation is 4. The standard InChI is InChI=1S/2C11H11.C2H3.CH3.Hf/c2*1-8-6-7-9(2)11-5-3-4-10(8)11;1-2;;/h2*3-7H,1-2H3;1H,2H2;1H3;/q4*-1;+4. The summed E-state index contributed by atoms with van der Waals surface area (Å²) in [5.41, 5.74) is 5.48. The molecule has 0 amide bonds. The Bertz CT molecular complexity index is 787. The Hall–Kier alpha value is -1.73. The first kappa shape index (κ1) is 24.3. The molecule has 0 heterocycles. The molecule has 4 rings (SSSR count). The van der Waals surface area contributed by atoms with Gasteiger partial charge in [0.2, 0.25) is 0 Å². The molecule has 0 spiro atoms. The maximum absolute atomic E-state index is 4.25. The van der Waals surface area contributed by atoms with Gasteiger partial charge in [-0.3, -0.25) is 6.58 Å². The predicted octanol–water partition coefficient (Wildman–Crippen LogP) is 7.40. The summed E-state index contributed by atoms with van der Waals surface area (Å²) in [6.45, 7) is 15.6. The van der Waals surface area contributed by atoms with Crippen LogP contribution in [-0.4, -0.2) is 0 Å². The molecule has 0 fully saturated rings. The van der Waals surface area contributed by atoms with E-state index in [-0.39, 0.29) is 33.3 Å². The van der Waals surface area contributed by atoms with Gasteiger partial charge in [0.15, 0.2) is 0 Å². The maximum atomic E-state index is 4.25. The second-order valence-electron chi connectivity index (χ2n) is 6.10. The third-order valence-corrected chi connectivity index (χ3v) is 4.50. The zero-order chi connectivity index (χ0) is 17.7. The van der Waals surface area contributed by atoms with Crippen LogP contribution in [0.1, 0.15) is 22.3 Å². The Morgan fingerprint density at radius 2 is 0.923 bits per heavy atom. The van der Waals surface area contributed by atoms with Crippen molar-refractivity contribution >= 4 is 21.5 Å². The molecule has 0 aromatic heterocycles. The van der Waals surface area contributed by atoms with Crippen LogP contribution in [0.15, 0.2) is 67.2 Å². The smallest absolute Gasteiger partial charge is 0.521 e. The zero-order valence-electron chi connectivity index (χ0n) is 16.6. The normalized spacial score (nSPS) is 9.23. The first-order valence-corrected chi connectivity index (χ1v) is 8.22. The molecule has 0 bridgehead atoms. The van der Waals surface area contributed by atoms with Crippen LogP contribution in [0.2, 0.25) is 0 Å². The average molecular weight is 507 g/mol. The van der Waals surface area contributed by atoms with Crippen molar-refractivity contribution in [3.05, 3.63) is 104 Å². The van der Waals surface area contributed by atoms with Gasteiger partial charge in [0, 0.05) is 0 Å². The van der Waals surface area contributed by atoms with E-state index in [0.29, 0.717) is 0 Å². The van der Waals surface area contributed by atoms with Gasteiger partial charge in [0.25, 0.3) is 0 Å². The van der Waals surface area contributed by atoms with Crippen molar-refractivity contribution in [3.63, 3.8) is 0 Å². The van der Waals surface area contributed by atoms with E-state index in [0.717, 1.165) is 0 Å². The molecule has 26 heavy (non-hydrogen) atoms. The summed E-state index contributed by atoms with van der Waals surface area (Å²) in [6, 6.07) is 21.7. The van der Waals surface area contributed by atoms with Crippen LogP contribution < -0.4 is 0 Å². The molecule has 0 radical (unpaired) electrons. The quantitative estimate of drug-likeness (QED) is 0.172. The Morgan fingerprint density at radius 3 is 1.23 bits per heavy atom. The van der Waals surface area contributed by atoms with Crippen LogP contribution in [0.4, 0.5) is 0 Å². The third-order valence-electron chi connectivity index (χ3n) is 4.50. The van der Waals surface area contributed by atoms with Crippen LogP contribution in [-0.2, 0) is 25.8 Å². The van der Waals surface area contributed by atoms with Gasteiger partial charge in [0.1, 0.15) is 0 Å². The predicted molar refractivity (Wildman–Crippen MR) is 114 cm³/mol. The van der Waals surface area contributed by atoms with Crippen molar-refractivity contribution < 1.29 is 25.8 Å². The van der Waals surface area contributed by atoms with Gasteiger partial charge in [0.05, 0.1) is 0 Å². The molecular weight excluding hydrogens is 479 g/mol. The van der Waals surface area contributed by atoms with E-state index in [1.54, 1.807) is 0 Å². The fourth-order valence-corrected chi connectivity index (χ4v) is 3.07. The average Bonchev–Trinajstić information content (AvgIpc) is 3.27. The van der Waals surface area contributed by atoms with Gasteiger partial charge < -0.3 is 14.0 Å². The van der Waals surface area contributed by atoms with Crippen molar-refractivity contribution in [2.45, 2.75) is 27.7 Å². The van der Waals surface area contributed by atoms with E-state index in [9.17, 15) is 0 Å². The topological polar surface area (TPSA) is 0 Å². The van der Waals surface area contributed by atoms with Crippen molar-refractivity contribution in [2.75, 3.05) is 0 Å². The van der Waals surface area contributed by atoms with E-state index < -0.39 is 0 Å². The molecule has 0 nitrogen and oxygen atoms in total. The van der Waals surface area contributed by atoms with Gasteiger partial charge in [-0.05, 0) is 13.8 Å². The molecule has 0 aliphatic heterocycles. The summed E-state index contributed by atoms with van der Waals surface area (Å²) in [4.78, 5) is 0. The number of fused-ring (bicyclic) bond motifs is 2. The monoisotopic (exact) mass is 508 g/mol. The molecule has 0 saturated heterocycles. The number of hydrogen-bond donors (Lipinski definition) is 0. The summed E-state index contributed by atoms with van der Waals surface area (Å²) in [7, 11) is 0. The molecule has 0 N–H and O–H groups in total. The van der Waals surface area contributed by atoms with Crippen LogP contribution in [0, 0.1) is 41.7 Å². The van der Waals surface area contributed by atoms with Gasteiger partial charge >= 0.3 is 25.8 Å². The largest absolute Gasteiger partial charge is 4.00 e. The molecule has 4 aromatic rings. The first-order valence-electron chi connectivity index (χ1n) is 8.22. The fourth-order valence-electron chi connectivity index (χ4n) is 3.07. The zero-order valence-corrected chi connectivity index (χ0v) is 20.2.